The van der Waals surface area contributed by atoms with E-state index in [0.29, 0.717) is 25.5 Å². The molecule has 0 fully saturated rings. The molecule has 0 aliphatic carbocycles. The Morgan fingerprint density at radius 2 is 1.65 bits per heavy atom. The first-order valence-electron chi connectivity index (χ1n) is 7.84. The van der Waals surface area contributed by atoms with Gasteiger partial charge in [0.25, 0.3) is 0 Å². The number of carbonyl (C=O) groups is 2. The van der Waals surface area contributed by atoms with Crippen LogP contribution in [0.3, 0.4) is 0 Å². The highest BCUT2D eigenvalue weighted by Gasteiger charge is 2.22. The third-order valence-electron chi connectivity index (χ3n) is 3.11. The average Bonchev–Trinajstić information content (AvgIpc) is 2.50. The summed E-state index contributed by atoms with van der Waals surface area (Å²) in [5, 5.41) is 5.42. The Hall–Kier alpha value is -2.24. The molecule has 1 aromatic carbocycles. The lowest BCUT2D eigenvalue weighted by molar-refractivity contribution is -0.129. The smallest absolute Gasteiger partial charge is 0.242 e. The zero-order valence-corrected chi connectivity index (χ0v) is 14.2. The summed E-state index contributed by atoms with van der Waals surface area (Å²) in [6.45, 7) is 8.44. The van der Waals surface area contributed by atoms with Crippen molar-refractivity contribution < 1.29 is 19.1 Å². The van der Waals surface area contributed by atoms with Gasteiger partial charge in [-0.2, -0.15) is 0 Å². The molecule has 0 aromatic heterocycles. The number of rotatable bonds is 9. The van der Waals surface area contributed by atoms with Crippen LogP contribution in [0.1, 0.15) is 27.7 Å². The van der Waals surface area contributed by atoms with Gasteiger partial charge >= 0.3 is 0 Å². The molecule has 0 aliphatic rings. The highest BCUT2D eigenvalue weighted by atomic mass is 16.5. The topological polar surface area (TPSA) is 76.7 Å². The number of amides is 2. The maximum atomic E-state index is 12.1. The standard InChI is InChI=1S/C17H26N2O4/c1-5-22-14-6-8-15(9-7-14)23-11-10-18-17(21)16(12(2)3)19-13(4)20/h6-9,12,16H,5,10-11H2,1-4H3,(H,18,21)(H,19,20). The number of carbonyl (C=O) groups excluding carboxylic acids is 2. The Labute approximate surface area is 137 Å². The maximum absolute atomic E-state index is 12.1. The van der Waals surface area contributed by atoms with E-state index in [1.165, 1.54) is 6.92 Å². The molecule has 0 spiro atoms. The molecule has 0 heterocycles. The van der Waals surface area contributed by atoms with Gasteiger partial charge in [0.2, 0.25) is 11.8 Å². The SMILES string of the molecule is CCOc1ccc(OCCNC(=O)C(NC(C)=O)C(C)C)cc1. The van der Waals surface area contributed by atoms with Crippen molar-refractivity contribution in [1.29, 1.82) is 0 Å². The largest absolute Gasteiger partial charge is 0.494 e. The molecule has 2 amide bonds. The van der Waals surface area contributed by atoms with E-state index in [0.717, 1.165) is 5.75 Å². The van der Waals surface area contributed by atoms with E-state index in [-0.39, 0.29) is 17.7 Å². The summed E-state index contributed by atoms with van der Waals surface area (Å²) in [7, 11) is 0. The molecule has 0 radical (unpaired) electrons. The maximum Gasteiger partial charge on any atom is 0.242 e. The zero-order valence-electron chi connectivity index (χ0n) is 14.2. The van der Waals surface area contributed by atoms with Crippen molar-refractivity contribution in [3.63, 3.8) is 0 Å². The van der Waals surface area contributed by atoms with Crippen LogP contribution < -0.4 is 20.1 Å². The fourth-order valence-corrected chi connectivity index (χ4v) is 2.01. The van der Waals surface area contributed by atoms with Gasteiger partial charge in [0.15, 0.2) is 0 Å². The van der Waals surface area contributed by atoms with Crippen LogP contribution in [0, 0.1) is 5.92 Å². The summed E-state index contributed by atoms with van der Waals surface area (Å²) in [5.74, 6) is 1.11. The third-order valence-corrected chi connectivity index (χ3v) is 3.11. The first-order chi connectivity index (χ1) is 10.9. The number of benzene rings is 1. The molecule has 1 unspecified atom stereocenters. The Kier molecular flexibility index (Phi) is 7.94. The summed E-state index contributed by atoms with van der Waals surface area (Å²) in [4.78, 5) is 23.2. The van der Waals surface area contributed by atoms with E-state index in [2.05, 4.69) is 10.6 Å². The van der Waals surface area contributed by atoms with Crippen LogP contribution in [-0.2, 0) is 9.59 Å². The number of hydrogen-bond acceptors (Lipinski definition) is 4. The second-order valence-corrected chi connectivity index (χ2v) is 5.47. The van der Waals surface area contributed by atoms with E-state index in [9.17, 15) is 9.59 Å². The molecule has 1 atom stereocenters. The molecule has 128 valence electrons. The molecule has 6 heteroatoms. The Bertz CT molecular complexity index is 500. The summed E-state index contributed by atoms with van der Waals surface area (Å²) in [6.07, 6.45) is 0. The van der Waals surface area contributed by atoms with E-state index < -0.39 is 6.04 Å². The molecule has 6 nitrogen and oxygen atoms in total. The van der Waals surface area contributed by atoms with Crippen LogP contribution in [0.2, 0.25) is 0 Å². The van der Waals surface area contributed by atoms with Crippen molar-refractivity contribution in [2.75, 3.05) is 19.8 Å². The lowest BCUT2D eigenvalue weighted by Gasteiger charge is -2.20. The van der Waals surface area contributed by atoms with Crippen LogP contribution >= 0.6 is 0 Å². The van der Waals surface area contributed by atoms with E-state index in [1.54, 1.807) is 0 Å². The predicted molar refractivity (Wildman–Crippen MR) is 88.6 cm³/mol. The van der Waals surface area contributed by atoms with Crippen LogP contribution in [0.15, 0.2) is 24.3 Å². The van der Waals surface area contributed by atoms with Crippen LogP contribution in [0.5, 0.6) is 11.5 Å². The van der Waals surface area contributed by atoms with Crippen molar-refractivity contribution in [2.24, 2.45) is 5.92 Å². The van der Waals surface area contributed by atoms with E-state index in [4.69, 9.17) is 9.47 Å². The number of hydrogen-bond donors (Lipinski definition) is 2. The average molecular weight is 322 g/mol. The molecule has 0 saturated carbocycles. The number of ether oxygens (including phenoxy) is 2. The highest BCUT2D eigenvalue weighted by molar-refractivity contribution is 5.86. The molecule has 0 saturated heterocycles. The minimum atomic E-state index is -0.530. The molecular weight excluding hydrogens is 296 g/mol. The van der Waals surface area contributed by atoms with Crippen molar-refractivity contribution >= 4 is 11.8 Å². The Balaban J connectivity index is 2.35. The van der Waals surface area contributed by atoms with Crippen molar-refractivity contribution in [1.82, 2.24) is 10.6 Å². The van der Waals surface area contributed by atoms with Gasteiger partial charge in [-0.15, -0.1) is 0 Å². The normalized spacial score (nSPS) is 11.7. The van der Waals surface area contributed by atoms with Gasteiger partial charge < -0.3 is 20.1 Å². The lowest BCUT2D eigenvalue weighted by atomic mass is 10.0. The van der Waals surface area contributed by atoms with Gasteiger partial charge in [-0.25, -0.2) is 0 Å². The van der Waals surface area contributed by atoms with Gasteiger partial charge in [-0.1, -0.05) is 13.8 Å². The van der Waals surface area contributed by atoms with Crippen LogP contribution in [0.4, 0.5) is 0 Å². The second kappa shape index (κ2) is 9.71. The van der Waals surface area contributed by atoms with Crippen molar-refractivity contribution in [3.05, 3.63) is 24.3 Å². The molecule has 1 aromatic rings. The first-order valence-corrected chi connectivity index (χ1v) is 7.84. The van der Waals surface area contributed by atoms with Gasteiger partial charge in [0, 0.05) is 6.92 Å². The first kappa shape index (κ1) is 18.8. The Morgan fingerprint density at radius 3 is 2.13 bits per heavy atom. The van der Waals surface area contributed by atoms with Gasteiger partial charge in [-0.3, -0.25) is 9.59 Å². The fraction of sp³-hybridized carbons (Fsp3) is 0.529. The molecule has 0 aliphatic heterocycles. The fourth-order valence-electron chi connectivity index (χ4n) is 2.01. The summed E-state index contributed by atoms with van der Waals surface area (Å²) in [5.41, 5.74) is 0. The molecule has 0 bridgehead atoms. The van der Waals surface area contributed by atoms with Crippen LogP contribution in [0.25, 0.3) is 0 Å². The minimum Gasteiger partial charge on any atom is -0.494 e. The van der Waals surface area contributed by atoms with Crippen molar-refractivity contribution in [2.45, 2.75) is 33.7 Å². The van der Waals surface area contributed by atoms with Crippen molar-refractivity contribution in [3.8, 4) is 11.5 Å². The lowest BCUT2D eigenvalue weighted by Crippen LogP contribution is -2.49. The molecule has 1 rings (SSSR count). The molecule has 2 N–H and O–H groups in total. The van der Waals surface area contributed by atoms with Crippen LogP contribution in [-0.4, -0.2) is 37.6 Å². The molecule has 23 heavy (non-hydrogen) atoms. The van der Waals surface area contributed by atoms with Gasteiger partial charge in [-0.05, 0) is 37.1 Å². The van der Waals surface area contributed by atoms with E-state index in [1.807, 2.05) is 45.0 Å². The highest BCUT2D eigenvalue weighted by Crippen LogP contribution is 2.17. The quantitative estimate of drug-likeness (QED) is 0.679. The third kappa shape index (κ3) is 7.04. The summed E-state index contributed by atoms with van der Waals surface area (Å²) >= 11 is 0. The number of nitrogens with one attached hydrogen (secondary N) is 2. The second-order valence-electron chi connectivity index (χ2n) is 5.47. The van der Waals surface area contributed by atoms with Gasteiger partial charge in [0.1, 0.15) is 24.1 Å². The van der Waals surface area contributed by atoms with Gasteiger partial charge in [0.05, 0.1) is 13.2 Å². The molecular formula is C17H26N2O4. The summed E-state index contributed by atoms with van der Waals surface area (Å²) < 4.78 is 10.9. The zero-order chi connectivity index (χ0) is 17.2. The Morgan fingerprint density at radius 1 is 1.09 bits per heavy atom. The minimum absolute atomic E-state index is 0.0194. The monoisotopic (exact) mass is 322 g/mol. The summed E-state index contributed by atoms with van der Waals surface area (Å²) in [6, 6.07) is 6.78. The predicted octanol–water partition coefficient (Wildman–Crippen LogP) is 1.74. The van der Waals surface area contributed by atoms with E-state index >= 15 is 0 Å².